The smallest absolute Gasteiger partial charge is 0.140 e. The van der Waals surface area contributed by atoms with Crippen molar-refractivity contribution in [2.24, 2.45) is 16.3 Å². The zero-order chi connectivity index (χ0) is 12.9. The van der Waals surface area contributed by atoms with Crippen LogP contribution < -0.4 is 11.1 Å². The third-order valence-corrected chi connectivity index (χ3v) is 4.02. The van der Waals surface area contributed by atoms with Crippen LogP contribution in [-0.2, 0) is 0 Å². The molecule has 17 heavy (non-hydrogen) atoms. The second-order valence-electron chi connectivity index (χ2n) is 5.85. The van der Waals surface area contributed by atoms with Gasteiger partial charge in [0, 0.05) is 18.5 Å². The van der Waals surface area contributed by atoms with Crippen molar-refractivity contribution in [3.05, 3.63) is 0 Å². The molecule has 0 radical (unpaired) electrons. The summed E-state index contributed by atoms with van der Waals surface area (Å²) < 4.78 is 0. The first-order valence-corrected chi connectivity index (χ1v) is 6.72. The molecule has 2 atom stereocenters. The molecule has 0 saturated heterocycles. The average Bonchev–Trinajstić information content (AvgIpc) is 2.30. The molecule has 1 fully saturated rings. The van der Waals surface area contributed by atoms with Crippen LogP contribution in [0.25, 0.3) is 0 Å². The lowest BCUT2D eigenvalue weighted by Gasteiger charge is -2.41. The highest BCUT2D eigenvalue weighted by molar-refractivity contribution is 5.80. The SMILES string of the molecule is CCC(C/C(N)=N/O)NC1CCCCC1(C)C. The van der Waals surface area contributed by atoms with Gasteiger partial charge in [-0.05, 0) is 24.7 Å². The third kappa shape index (κ3) is 4.19. The number of hydrogen-bond acceptors (Lipinski definition) is 3. The Balaban J connectivity index is 2.54. The van der Waals surface area contributed by atoms with Gasteiger partial charge in [-0.15, -0.1) is 0 Å². The second kappa shape index (κ2) is 6.24. The van der Waals surface area contributed by atoms with Crippen molar-refractivity contribution >= 4 is 5.84 Å². The van der Waals surface area contributed by atoms with E-state index in [4.69, 9.17) is 10.9 Å². The molecule has 0 heterocycles. The Hall–Kier alpha value is -0.770. The lowest BCUT2D eigenvalue weighted by molar-refractivity contribution is 0.154. The molecule has 4 N–H and O–H groups in total. The van der Waals surface area contributed by atoms with Gasteiger partial charge in [-0.2, -0.15) is 0 Å². The van der Waals surface area contributed by atoms with E-state index in [1.54, 1.807) is 0 Å². The van der Waals surface area contributed by atoms with E-state index >= 15 is 0 Å². The van der Waals surface area contributed by atoms with Gasteiger partial charge >= 0.3 is 0 Å². The third-order valence-electron chi connectivity index (χ3n) is 4.02. The lowest BCUT2D eigenvalue weighted by atomic mass is 9.73. The molecule has 0 aromatic rings. The highest BCUT2D eigenvalue weighted by atomic mass is 16.4. The molecular weight excluding hydrogens is 214 g/mol. The van der Waals surface area contributed by atoms with Gasteiger partial charge in [-0.25, -0.2) is 0 Å². The molecule has 0 spiro atoms. The van der Waals surface area contributed by atoms with Crippen LogP contribution in [0.3, 0.4) is 0 Å². The van der Waals surface area contributed by atoms with E-state index in [0.29, 0.717) is 29.8 Å². The number of nitrogens with one attached hydrogen (secondary N) is 1. The van der Waals surface area contributed by atoms with Crippen LogP contribution in [0.1, 0.15) is 59.3 Å². The summed E-state index contributed by atoms with van der Waals surface area (Å²) in [5.41, 5.74) is 5.94. The summed E-state index contributed by atoms with van der Waals surface area (Å²) in [6, 6.07) is 0.862. The van der Waals surface area contributed by atoms with Crippen LogP contribution in [-0.4, -0.2) is 23.1 Å². The van der Waals surface area contributed by atoms with E-state index in [9.17, 15) is 0 Å². The predicted octanol–water partition coefficient (Wildman–Crippen LogP) is 2.46. The van der Waals surface area contributed by atoms with Crippen LogP contribution in [0.15, 0.2) is 5.16 Å². The van der Waals surface area contributed by atoms with E-state index < -0.39 is 0 Å². The second-order valence-corrected chi connectivity index (χ2v) is 5.85. The fourth-order valence-electron chi connectivity index (χ4n) is 2.70. The summed E-state index contributed by atoms with van der Waals surface area (Å²) >= 11 is 0. The number of rotatable bonds is 5. The maximum Gasteiger partial charge on any atom is 0.140 e. The highest BCUT2D eigenvalue weighted by Crippen LogP contribution is 2.35. The molecule has 0 aromatic carbocycles. The molecule has 1 aliphatic rings. The van der Waals surface area contributed by atoms with E-state index in [1.165, 1.54) is 25.7 Å². The maximum absolute atomic E-state index is 8.62. The van der Waals surface area contributed by atoms with Crippen LogP contribution in [0, 0.1) is 5.41 Å². The standard InChI is InChI=1S/C13H27N3O/c1-4-10(9-12(14)16-17)15-11-7-5-6-8-13(11,2)3/h10-11,15,17H,4-9H2,1-3H3,(H2,14,16). The monoisotopic (exact) mass is 241 g/mol. The minimum atomic E-state index is 0.313. The normalized spacial score (nSPS) is 26.8. The van der Waals surface area contributed by atoms with Crippen molar-refractivity contribution in [1.82, 2.24) is 5.32 Å². The molecule has 0 aromatic heterocycles. The lowest BCUT2D eigenvalue weighted by Crippen LogP contribution is -2.49. The predicted molar refractivity (Wildman–Crippen MR) is 71.3 cm³/mol. The number of nitrogens with zero attached hydrogens (tertiary/aromatic N) is 1. The average molecular weight is 241 g/mol. The van der Waals surface area contributed by atoms with Gasteiger partial charge < -0.3 is 16.3 Å². The molecule has 4 nitrogen and oxygen atoms in total. The van der Waals surface area contributed by atoms with E-state index in [-0.39, 0.29) is 0 Å². The van der Waals surface area contributed by atoms with Gasteiger partial charge in [0.2, 0.25) is 0 Å². The Morgan fingerprint density at radius 3 is 2.76 bits per heavy atom. The topological polar surface area (TPSA) is 70.6 Å². The van der Waals surface area contributed by atoms with Gasteiger partial charge in [0.05, 0.1) is 0 Å². The zero-order valence-corrected chi connectivity index (χ0v) is 11.4. The van der Waals surface area contributed by atoms with Gasteiger partial charge in [0.1, 0.15) is 5.84 Å². The summed E-state index contributed by atoms with van der Waals surface area (Å²) in [5.74, 6) is 0.318. The summed E-state index contributed by atoms with van der Waals surface area (Å²) in [6.45, 7) is 6.80. The first-order chi connectivity index (χ1) is 7.99. The minimum Gasteiger partial charge on any atom is -0.409 e. The van der Waals surface area contributed by atoms with Crippen molar-refractivity contribution in [3.8, 4) is 0 Å². The van der Waals surface area contributed by atoms with Gasteiger partial charge in [-0.3, -0.25) is 0 Å². The van der Waals surface area contributed by atoms with Crippen LogP contribution in [0.4, 0.5) is 0 Å². The molecular formula is C13H27N3O. The first kappa shape index (κ1) is 14.3. The highest BCUT2D eigenvalue weighted by Gasteiger charge is 2.33. The Bertz CT molecular complexity index is 263. The molecule has 1 rings (SSSR count). The Kier molecular flexibility index (Phi) is 5.25. The van der Waals surface area contributed by atoms with Crippen molar-refractivity contribution in [2.45, 2.75) is 71.4 Å². The molecule has 1 aliphatic carbocycles. The van der Waals surface area contributed by atoms with Gasteiger partial charge in [0.25, 0.3) is 0 Å². The molecule has 0 bridgehead atoms. The largest absolute Gasteiger partial charge is 0.409 e. The minimum absolute atomic E-state index is 0.313. The van der Waals surface area contributed by atoms with E-state index in [0.717, 1.165) is 6.42 Å². The molecule has 0 amide bonds. The Morgan fingerprint density at radius 1 is 1.53 bits per heavy atom. The fraction of sp³-hybridized carbons (Fsp3) is 0.923. The van der Waals surface area contributed by atoms with Crippen molar-refractivity contribution in [2.75, 3.05) is 0 Å². The van der Waals surface area contributed by atoms with Crippen molar-refractivity contribution in [3.63, 3.8) is 0 Å². The number of amidine groups is 1. The molecule has 4 heteroatoms. The van der Waals surface area contributed by atoms with E-state index in [2.05, 4.69) is 31.2 Å². The van der Waals surface area contributed by atoms with Crippen molar-refractivity contribution < 1.29 is 5.21 Å². The fourth-order valence-corrected chi connectivity index (χ4v) is 2.70. The van der Waals surface area contributed by atoms with Crippen LogP contribution in [0.2, 0.25) is 0 Å². The summed E-state index contributed by atoms with van der Waals surface area (Å²) in [6.07, 6.45) is 6.79. The number of nitrogens with two attached hydrogens (primary N) is 1. The molecule has 100 valence electrons. The number of oxime groups is 1. The van der Waals surface area contributed by atoms with E-state index in [1.807, 2.05) is 0 Å². The molecule has 2 unspecified atom stereocenters. The maximum atomic E-state index is 8.62. The summed E-state index contributed by atoms with van der Waals surface area (Å²) in [4.78, 5) is 0. The Morgan fingerprint density at radius 2 is 2.24 bits per heavy atom. The zero-order valence-electron chi connectivity index (χ0n) is 11.4. The first-order valence-electron chi connectivity index (χ1n) is 6.72. The molecule has 1 saturated carbocycles. The number of hydrogen-bond donors (Lipinski definition) is 3. The quantitative estimate of drug-likeness (QED) is 0.300. The Labute approximate surface area is 105 Å². The summed E-state index contributed by atoms with van der Waals surface area (Å²) in [7, 11) is 0. The summed E-state index contributed by atoms with van der Waals surface area (Å²) in [5, 5.41) is 15.4. The molecule has 0 aliphatic heterocycles. The van der Waals surface area contributed by atoms with Gasteiger partial charge in [-0.1, -0.05) is 38.8 Å². The van der Waals surface area contributed by atoms with Crippen molar-refractivity contribution in [1.29, 1.82) is 0 Å². The van der Waals surface area contributed by atoms with Gasteiger partial charge in [0.15, 0.2) is 0 Å². The van der Waals surface area contributed by atoms with Crippen LogP contribution in [0.5, 0.6) is 0 Å². The van der Waals surface area contributed by atoms with Crippen LogP contribution >= 0.6 is 0 Å².